The largest absolute Gasteiger partial charge is 0.385 e. The Hall–Kier alpha value is -2.12. The molecule has 7 nitrogen and oxygen atoms in total. The molecule has 3 N–H and O–H groups in total. The van der Waals surface area contributed by atoms with Crippen LogP contribution in [0.15, 0.2) is 18.2 Å². The number of rotatable bonds is 6. The van der Waals surface area contributed by atoms with Gasteiger partial charge in [-0.25, -0.2) is 5.01 Å². The van der Waals surface area contributed by atoms with Crippen molar-refractivity contribution in [3.05, 3.63) is 29.3 Å². The molecule has 1 fully saturated rings. The number of halogens is 1. The van der Waals surface area contributed by atoms with E-state index in [4.69, 9.17) is 5.73 Å². The first-order valence-corrected chi connectivity index (χ1v) is 8.37. The first-order chi connectivity index (χ1) is 11.6. The van der Waals surface area contributed by atoms with Gasteiger partial charge in [0, 0.05) is 36.2 Å². The van der Waals surface area contributed by atoms with Crippen LogP contribution in [0.3, 0.4) is 0 Å². The van der Waals surface area contributed by atoms with Crippen LogP contribution in [0.1, 0.15) is 48.0 Å². The van der Waals surface area contributed by atoms with Gasteiger partial charge in [-0.2, -0.15) is 5.01 Å². The summed E-state index contributed by atoms with van der Waals surface area (Å²) in [5.74, 6) is -0.895. The Labute approximate surface area is 152 Å². The summed E-state index contributed by atoms with van der Waals surface area (Å²) >= 11 is 0. The highest BCUT2D eigenvalue weighted by atomic mass is 35.5. The molecule has 3 rings (SSSR count). The minimum absolute atomic E-state index is 0. The van der Waals surface area contributed by atoms with Crippen LogP contribution in [-0.4, -0.2) is 40.8 Å². The Morgan fingerprint density at radius 2 is 1.80 bits per heavy atom. The van der Waals surface area contributed by atoms with Crippen molar-refractivity contribution in [3.63, 3.8) is 0 Å². The molecule has 1 saturated heterocycles. The number of piperidine rings is 1. The lowest BCUT2D eigenvalue weighted by atomic mass is 10.1. The lowest BCUT2D eigenvalue weighted by Gasteiger charge is -2.32. The van der Waals surface area contributed by atoms with Gasteiger partial charge in [-0.3, -0.25) is 14.4 Å². The quantitative estimate of drug-likeness (QED) is 0.589. The van der Waals surface area contributed by atoms with E-state index in [1.165, 1.54) is 5.01 Å². The van der Waals surface area contributed by atoms with E-state index < -0.39 is 0 Å². The zero-order valence-electron chi connectivity index (χ0n) is 14.0. The number of anilines is 1. The molecule has 0 unspecified atom stereocenters. The van der Waals surface area contributed by atoms with Crippen LogP contribution in [0.5, 0.6) is 0 Å². The zero-order chi connectivity index (χ0) is 17.1. The van der Waals surface area contributed by atoms with E-state index >= 15 is 0 Å². The Morgan fingerprint density at radius 1 is 1.08 bits per heavy atom. The summed E-state index contributed by atoms with van der Waals surface area (Å²) in [6.07, 6.45) is 3.04. The van der Waals surface area contributed by atoms with E-state index in [-0.39, 0.29) is 36.7 Å². The third-order valence-corrected chi connectivity index (χ3v) is 4.39. The summed E-state index contributed by atoms with van der Waals surface area (Å²) in [6.45, 7) is 1.66. The molecule has 1 aromatic rings. The normalized spacial score (nSPS) is 16.8. The number of hydrogen-bond donors (Lipinski definition) is 2. The van der Waals surface area contributed by atoms with Crippen molar-refractivity contribution in [1.29, 1.82) is 0 Å². The summed E-state index contributed by atoms with van der Waals surface area (Å²) < 4.78 is 0. The first-order valence-electron chi connectivity index (χ1n) is 8.37. The van der Waals surface area contributed by atoms with Gasteiger partial charge in [0.1, 0.15) is 0 Å². The molecule has 0 atom stereocenters. The summed E-state index contributed by atoms with van der Waals surface area (Å²) in [5.41, 5.74) is 7.75. The van der Waals surface area contributed by atoms with Crippen LogP contribution in [0.2, 0.25) is 0 Å². The molecule has 0 radical (unpaired) electrons. The van der Waals surface area contributed by atoms with Crippen molar-refractivity contribution in [3.8, 4) is 0 Å². The molecule has 0 bridgehead atoms. The zero-order valence-corrected chi connectivity index (χ0v) is 14.8. The smallest absolute Gasteiger partial charge is 0.273 e. The molecule has 25 heavy (non-hydrogen) atoms. The lowest BCUT2D eigenvalue weighted by Crippen LogP contribution is -2.52. The van der Waals surface area contributed by atoms with Gasteiger partial charge in [-0.05, 0) is 37.9 Å². The van der Waals surface area contributed by atoms with Gasteiger partial charge < -0.3 is 11.1 Å². The third-order valence-electron chi connectivity index (χ3n) is 4.39. The van der Waals surface area contributed by atoms with Crippen LogP contribution in [0.4, 0.5) is 5.69 Å². The molecule has 2 aliphatic heterocycles. The van der Waals surface area contributed by atoms with E-state index in [9.17, 15) is 14.4 Å². The van der Waals surface area contributed by atoms with Gasteiger partial charge in [0.25, 0.3) is 5.91 Å². The second-order valence-electron chi connectivity index (χ2n) is 6.07. The predicted molar refractivity (Wildman–Crippen MR) is 96.0 cm³/mol. The summed E-state index contributed by atoms with van der Waals surface area (Å²) in [4.78, 5) is 36.9. The van der Waals surface area contributed by atoms with Gasteiger partial charge in [0.15, 0.2) is 0 Å². The van der Waals surface area contributed by atoms with E-state index in [0.29, 0.717) is 31.4 Å². The van der Waals surface area contributed by atoms with Gasteiger partial charge in [-0.1, -0.05) is 6.07 Å². The highest BCUT2D eigenvalue weighted by Gasteiger charge is 2.39. The number of nitrogens with zero attached hydrogens (tertiary/aromatic N) is 2. The summed E-state index contributed by atoms with van der Waals surface area (Å²) in [7, 11) is 0. The molecule has 0 aliphatic carbocycles. The van der Waals surface area contributed by atoms with Crippen LogP contribution in [-0.2, 0) is 16.1 Å². The maximum atomic E-state index is 12.7. The topological polar surface area (TPSA) is 95.7 Å². The van der Waals surface area contributed by atoms with Crippen molar-refractivity contribution in [2.75, 3.05) is 18.4 Å². The number of carbonyl (C=O) groups excluding carboxylic acids is 3. The SMILES string of the molecule is Cl.NCCCCNc1cccc2c1CN(N1C(=O)CCCC1=O)C2=O. The fraction of sp³-hybridized carbons (Fsp3) is 0.471. The second kappa shape index (κ2) is 8.31. The van der Waals surface area contributed by atoms with Gasteiger partial charge in [0.05, 0.1) is 6.54 Å². The minimum Gasteiger partial charge on any atom is -0.385 e. The molecule has 3 amide bonds. The minimum atomic E-state index is -0.301. The van der Waals surface area contributed by atoms with Crippen LogP contribution in [0.25, 0.3) is 0 Å². The Balaban J connectivity index is 0.00000225. The van der Waals surface area contributed by atoms with Crippen molar-refractivity contribution in [1.82, 2.24) is 10.0 Å². The van der Waals surface area contributed by atoms with Crippen molar-refractivity contribution >= 4 is 35.8 Å². The molecular formula is C17H23ClN4O3. The molecule has 2 aliphatic rings. The highest BCUT2D eigenvalue weighted by molar-refractivity contribution is 6.05. The Kier molecular flexibility index (Phi) is 6.39. The van der Waals surface area contributed by atoms with Crippen molar-refractivity contribution in [2.45, 2.75) is 38.6 Å². The number of nitrogens with one attached hydrogen (secondary N) is 1. The molecule has 0 aromatic heterocycles. The van der Waals surface area contributed by atoms with Gasteiger partial charge in [0.2, 0.25) is 11.8 Å². The number of amides is 3. The van der Waals surface area contributed by atoms with E-state index in [1.54, 1.807) is 6.07 Å². The van der Waals surface area contributed by atoms with Crippen molar-refractivity contribution in [2.24, 2.45) is 5.73 Å². The number of hydrogen-bond acceptors (Lipinski definition) is 5. The standard InChI is InChI=1S/C17H22N4O3.ClH/c18-9-1-2-10-19-14-6-3-5-12-13(14)11-20(17(12)24)21-15(22)7-4-8-16(21)23;/h3,5-6,19H,1-2,4,7-11,18H2;1H. The fourth-order valence-corrected chi connectivity index (χ4v) is 3.15. The molecule has 0 saturated carbocycles. The second-order valence-corrected chi connectivity index (χ2v) is 6.07. The van der Waals surface area contributed by atoms with E-state index in [1.807, 2.05) is 12.1 Å². The lowest BCUT2D eigenvalue weighted by molar-refractivity contribution is -0.163. The average molecular weight is 367 g/mol. The maximum absolute atomic E-state index is 12.7. The molecule has 8 heteroatoms. The number of fused-ring (bicyclic) bond motifs is 1. The average Bonchev–Trinajstić information content (AvgIpc) is 2.89. The predicted octanol–water partition coefficient (Wildman–Crippen LogP) is 1.67. The number of imide groups is 1. The number of hydrazine groups is 1. The summed E-state index contributed by atoms with van der Waals surface area (Å²) in [5, 5.41) is 5.63. The first kappa shape index (κ1) is 19.2. The van der Waals surface area contributed by atoms with E-state index in [2.05, 4.69) is 5.32 Å². The van der Waals surface area contributed by atoms with Crippen molar-refractivity contribution < 1.29 is 14.4 Å². The van der Waals surface area contributed by atoms with Crippen LogP contribution in [0, 0.1) is 0 Å². The molecule has 2 heterocycles. The van der Waals surface area contributed by atoms with Gasteiger partial charge in [-0.15, -0.1) is 12.4 Å². The molecular weight excluding hydrogens is 344 g/mol. The number of unbranched alkanes of at least 4 members (excludes halogenated alkanes) is 1. The molecule has 1 aromatic carbocycles. The van der Waals surface area contributed by atoms with E-state index in [0.717, 1.165) is 35.6 Å². The number of carbonyl (C=O) groups is 3. The Bertz CT molecular complexity index is 664. The Morgan fingerprint density at radius 3 is 2.48 bits per heavy atom. The van der Waals surface area contributed by atoms with Crippen LogP contribution >= 0.6 is 12.4 Å². The van der Waals surface area contributed by atoms with Gasteiger partial charge >= 0.3 is 0 Å². The monoisotopic (exact) mass is 366 g/mol. The number of benzene rings is 1. The fourth-order valence-electron chi connectivity index (χ4n) is 3.15. The summed E-state index contributed by atoms with van der Waals surface area (Å²) in [6, 6.07) is 5.46. The van der Waals surface area contributed by atoms with Crippen LogP contribution < -0.4 is 11.1 Å². The highest BCUT2D eigenvalue weighted by Crippen LogP contribution is 2.31. The molecule has 136 valence electrons. The number of nitrogens with two attached hydrogens (primary N) is 1. The molecule has 0 spiro atoms. The third kappa shape index (κ3) is 3.77. The maximum Gasteiger partial charge on any atom is 0.273 e.